The third-order valence-corrected chi connectivity index (χ3v) is 4.35. The number of aromatic nitrogens is 1. The average Bonchev–Trinajstić information content (AvgIpc) is 3.28. The lowest BCUT2D eigenvalue weighted by molar-refractivity contribution is 0.619. The summed E-state index contributed by atoms with van der Waals surface area (Å²) in [7, 11) is 0. The molecule has 0 aliphatic heterocycles. The zero-order valence-corrected chi connectivity index (χ0v) is 12.0. The maximum absolute atomic E-state index is 13.0. The molecular weight excluding hydrogens is 271 g/mol. The zero-order valence-electron chi connectivity index (χ0n) is 11.2. The van der Waals surface area contributed by atoms with Crippen molar-refractivity contribution in [3.05, 3.63) is 59.7 Å². The van der Waals surface area contributed by atoms with Crippen LogP contribution in [-0.4, -0.2) is 11.0 Å². The molecule has 0 spiro atoms. The van der Waals surface area contributed by atoms with E-state index in [2.05, 4.69) is 34.6 Å². The Morgan fingerprint density at radius 1 is 1.15 bits per heavy atom. The van der Waals surface area contributed by atoms with Gasteiger partial charge in [0.25, 0.3) is 0 Å². The molecule has 1 aromatic carbocycles. The first-order chi connectivity index (χ1) is 9.79. The summed E-state index contributed by atoms with van der Waals surface area (Å²) in [6.07, 6.45) is 5.57. The summed E-state index contributed by atoms with van der Waals surface area (Å²) < 4.78 is 13.0. The van der Waals surface area contributed by atoms with E-state index in [9.17, 15) is 4.39 Å². The molecule has 0 amide bonds. The van der Waals surface area contributed by atoms with E-state index in [0.717, 1.165) is 23.9 Å². The summed E-state index contributed by atoms with van der Waals surface area (Å²) in [5.74, 6) is 0.467. The molecule has 1 saturated carbocycles. The highest BCUT2D eigenvalue weighted by Gasteiger charge is 2.19. The minimum atomic E-state index is -0.274. The van der Waals surface area contributed by atoms with Crippen molar-refractivity contribution in [3.63, 3.8) is 0 Å². The SMILES string of the molecule is Fc1cncc(CSc2ccc(CNC3CC3)cc2)c1. The molecule has 1 N–H and O–H groups in total. The van der Waals surface area contributed by atoms with E-state index < -0.39 is 0 Å². The highest BCUT2D eigenvalue weighted by Crippen LogP contribution is 2.23. The number of thioether (sulfide) groups is 1. The normalized spacial score (nSPS) is 14.4. The Morgan fingerprint density at radius 3 is 2.65 bits per heavy atom. The van der Waals surface area contributed by atoms with E-state index in [1.807, 2.05) is 0 Å². The first kappa shape index (κ1) is 13.6. The third-order valence-electron chi connectivity index (χ3n) is 3.26. The number of halogens is 1. The molecule has 2 aromatic rings. The Labute approximate surface area is 122 Å². The van der Waals surface area contributed by atoms with Crippen LogP contribution in [0.2, 0.25) is 0 Å². The molecule has 104 valence electrons. The van der Waals surface area contributed by atoms with E-state index in [-0.39, 0.29) is 5.82 Å². The first-order valence-corrected chi connectivity index (χ1v) is 7.83. The van der Waals surface area contributed by atoms with Gasteiger partial charge in [0.05, 0.1) is 6.20 Å². The molecule has 1 aromatic heterocycles. The number of nitrogens with zero attached hydrogens (tertiary/aromatic N) is 1. The molecule has 0 unspecified atom stereocenters. The maximum atomic E-state index is 13.0. The minimum Gasteiger partial charge on any atom is -0.310 e. The molecule has 0 bridgehead atoms. The quantitative estimate of drug-likeness (QED) is 0.819. The maximum Gasteiger partial charge on any atom is 0.141 e. The van der Waals surface area contributed by atoms with Crippen molar-refractivity contribution in [3.8, 4) is 0 Å². The predicted molar refractivity (Wildman–Crippen MR) is 80.1 cm³/mol. The van der Waals surface area contributed by atoms with Crippen molar-refractivity contribution in [2.75, 3.05) is 0 Å². The molecule has 0 atom stereocenters. The van der Waals surface area contributed by atoms with Gasteiger partial charge in [-0.3, -0.25) is 4.98 Å². The number of benzene rings is 1. The molecule has 2 nitrogen and oxygen atoms in total. The van der Waals surface area contributed by atoms with Crippen molar-refractivity contribution >= 4 is 11.8 Å². The smallest absolute Gasteiger partial charge is 0.141 e. The fourth-order valence-corrected chi connectivity index (χ4v) is 2.77. The van der Waals surface area contributed by atoms with Crippen molar-refractivity contribution in [2.24, 2.45) is 0 Å². The second kappa shape index (κ2) is 6.37. The molecule has 0 saturated heterocycles. The molecule has 1 aliphatic rings. The van der Waals surface area contributed by atoms with Crippen LogP contribution >= 0.6 is 11.8 Å². The second-order valence-electron chi connectivity index (χ2n) is 5.10. The highest BCUT2D eigenvalue weighted by atomic mass is 32.2. The monoisotopic (exact) mass is 288 g/mol. The van der Waals surface area contributed by atoms with Gasteiger partial charge in [-0.15, -0.1) is 11.8 Å². The largest absolute Gasteiger partial charge is 0.310 e. The lowest BCUT2D eigenvalue weighted by atomic mass is 10.2. The molecule has 1 heterocycles. The van der Waals surface area contributed by atoms with E-state index >= 15 is 0 Å². The predicted octanol–water partition coefficient (Wildman–Crippen LogP) is 3.77. The van der Waals surface area contributed by atoms with Gasteiger partial charge >= 0.3 is 0 Å². The van der Waals surface area contributed by atoms with Gasteiger partial charge in [-0.25, -0.2) is 4.39 Å². The molecular formula is C16H17FN2S. The number of hydrogen-bond donors (Lipinski definition) is 1. The van der Waals surface area contributed by atoms with Gasteiger partial charge in [0.1, 0.15) is 5.82 Å². The van der Waals surface area contributed by atoms with Crippen LogP contribution in [-0.2, 0) is 12.3 Å². The number of rotatable bonds is 6. The second-order valence-corrected chi connectivity index (χ2v) is 6.15. The Bertz CT molecular complexity index is 567. The topological polar surface area (TPSA) is 24.9 Å². The fraction of sp³-hybridized carbons (Fsp3) is 0.312. The van der Waals surface area contributed by atoms with Gasteiger partial charge in [-0.2, -0.15) is 0 Å². The summed E-state index contributed by atoms with van der Waals surface area (Å²) in [4.78, 5) is 5.06. The van der Waals surface area contributed by atoms with Gasteiger partial charge < -0.3 is 5.32 Å². The van der Waals surface area contributed by atoms with Crippen LogP contribution in [0.5, 0.6) is 0 Å². The van der Waals surface area contributed by atoms with Crippen molar-refractivity contribution in [1.29, 1.82) is 0 Å². The van der Waals surface area contributed by atoms with Crippen LogP contribution in [0.3, 0.4) is 0 Å². The molecule has 1 aliphatic carbocycles. The van der Waals surface area contributed by atoms with E-state index in [1.54, 1.807) is 18.0 Å². The summed E-state index contributed by atoms with van der Waals surface area (Å²) in [6, 6.07) is 10.8. The van der Waals surface area contributed by atoms with Gasteiger partial charge in [0.15, 0.2) is 0 Å². The molecule has 1 fully saturated rings. The number of nitrogens with one attached hydrogen (secondary N) is 1. The molecule has 0 radical (unpaired) electrons. The zero-order chi connectivity index (χ0) is 13.8. The molecule has 4 heteroatoms. The van der Waals surface area contributed by atoms with Crippen molar-refractivity contribution < 1.29 is 4.39 Å². The van der Waals surface area contributed by atoms with E-state index in [1.165, 1.54) is 35.6 Å². The summed E-state index contributed by atoms with van der Waals surface area (Å²) in [5, 5.41) is 3.50. The minimum absolute atomic E-state index is 0.274. The van der Waals surface area contributed by atoms with Gasteiger partial charge in [-0.05, 0) is 42.2 Å². The highest BCUT2D eigenvalue weighted by molar-refractivity contribution is 7.98. The van der Waals surface area contributed by atoms with Crippen LogP contribution in [0.15, 0.2) is 47.6 Å². The Morgan fingerprint density at radius 2 is 1.95 bits per heavy atom. The standard InChI is InChI=1S/C16H17FN2S/c17-14-7-13(8-18-10-14)11-20-16-5-1-12(2-6-16)9-19-15-3-4-15/h1-2,5-8,10,15,19H,3-4,9,11H2. The first-order valence-electron chi connectivity index (χ1n) is 6.84. The van der Waals surface area contributed by atoms with Crippen LogP contribution in [0.25, 0.3) is 0 Å². The number of pyridine rings is 1. The summed E-state index contributed by atoms with van der Waals surface area (Å²) in [6.45, 7) is 0.948. The summed E-state index contributed by atoms with van der Waals surface area (Å²) >= 11 is 1.70. The fourth-order valence-electron chi connectivity index (χ4n) is 1.95. The van der Waals surface area contributed by atoms with Crippen LogP contribution < -0.4 is 5.32 Å². The van der Waals surface area contributed by atoms with E-state index in [0.29, 0.717) is 0 Å². The van der Waals surface area contributed by atoms with Crippen LogP contribution in [0, 0.1) is 5.82 Å². The lowest BCUT2D eigenvalue weighted by Gasteiger charge is -2.05. The van der Waals surface area contributed by atoms with Crippen LogP contribution in [0.1, 0.15) is 24.0 Å². The lowest BCUT2D eigenvalue weighted by Crippen LogP contribution is -2.14. The van der Waals surface area contributed by atoms with Gasteiger partial charge in [-0.1, -0.05) is 12.1 Å². The molecule has 20 heavy (non-hydrogen) atoms. The van der Waals surface area contributed by atoms with Crippen molar-refractivity contribution in [2.45, 2.75) is 36.1 Å². The average molecular weight is 288 g/mol. The Hall–Kier alpha value is -1.39. The van der Waals surface area contributed by atoms with Crippen molar-refractivity contribution in [1.82, 2.24) is 10.3 Å². The summed E-state index contributed by atoms with van der Waals surface area (Å²) in [5.41, 5.74) is 2.23. The Balaban J connectivity index is 1.52. The van der Waals surface area contributed by atoms with E-state index in [4.69, 9.17) is 0 Å². The number of hydrogen-bond acceptors (Lipinski definition) is 3. The van der Waals surface area contributed by atoms with Gasteiger partial charge in [0.2, 0.25) is 0 Å². The Kier molecular flexibility index (Phi) is 4.33. The van der Waals surface area contributed by atoms with Crippen LogP contribution in [0.4, 0.5) is 4.39 Å². The third kappa shape index (κ3) is 4.05. The van der Waals surface area contributed by atoms with Gasteiger partial charge in [0, 0.05) is 29.4 Å². The molecule has 3 rings (SSSR count).